The van der Waals surface area contributed by atoms with E-state index in [1.807, 2.05) is 6.07 Å². The van der Waals surface area contributed by atoms with Gasteiger partial charge in [0, 0.05) is 27.2 Å². The van der Waals surface area contributed by atoms with Crippen LogP contribution in [0.5, 0.6) is 0 Å². The summed E-state index contributed by atoms with van der Waals surface area (Å²) in [6.07, 6.45) is 0. The number of benzene rings is 10. The van der Waals surface area contributed by atoms with Gasteiger partial charge in [0.15, 0.2) is 0 Å². The van der Waals surface area contributed by atoms with E-state index in [2.05, 4.69) is 211 Å². The quantitative estimate of drug-likeness (QED) is 0.161. The second-order valence-electron chi connectivity index (χ2n) is 15.2. The van der Waals surface area contributed by atoms with Crippen LogP contribution in [-0.2, 0) is 0 Å². The number of hydrogen-bond acceptors (Lipinski definition) is 1. The first-order valence-corrected chi connectivity index (χ1v) is 19.9. The zero-order chi connectivity index (χ0) is 38.2. The van der Waals surface area contributed by atoms with Crippen LogP contribution < -0.4 is 0 Å². The minimum Gasteiger partial charge on any atom is -0.456 e. The zero-order valence-electron chi connectivity index (χ0n) is 31.6. The van der Waals surface area contributed by atoms with Crippen molar-refractivity contribution in [2.75, 3.05) is 0 Å². The molecule has 270 valence electrons. The molecule has 0 radical (unpaired) electrons. The maximum Gasteiger partial charge on any atom is 0.135 e. The fourth-order valence-electron chi connectivity index (χ4n) is 9.51. The predicted octanol–water partition coefficient (Wildman–Crippen LogP) is 15.7. The van der Waals surface area contributed by atoms with E-state index < -0.39 is 0 Å². The number of fused-ring (bicyclic) bond motifs is 8. The van der Waals surface area contributed by atoms with E-state index in [-0.39, 0.29) is 0 Å². The fraction of sp³-hybridized carbons (Fsp3) is 0. The minimum absolute atomic E-state index is 0.898. The first-order valence-electron chi connectivity index (χ1n) is 19.9. The molecule has 0 amide bonds. The first kappa shape index (κ1) is 32.6. The Labute approximate surface area is 335 Å². The average molecular weight is 738 g/mol. The van der Waals surface area contributed by atoms with Crippen LogP contribution in [0.4, 0.5) is 0 Å². The molecular weight excluding hydrogens is 703 g/mol. The SMILES string of the molecule is c1ccc(-c2cccc(-c3ccc4oc5ccccc5c4c3)c2-c2c3ccccc3c(-c3ccc4c(c3)c3ccccc3n4-c3ccccc3)c3ccccc23)cc1. The zero-order valence-corrected chi connectivity index (χ0v) is 31.6. The van der Waals surface area contributed by atoms with Gasteiger partial charge in [-0.25, -0.2) is 0 Å². The van der Waals surface area contributed by atoms with Crippen LogP contribution in [0.2, 0.25) is 0 Å². The number of aromatic nitrogens is 1. The molecule has 12 aromatic rings. The van der Waals surface area contributed by atoms with Crippen LogP contribution in [-0.4, -0.2) is 4.57 Å². The van der Waals surface area contributed by atoms with Gasteiger partial charge in [-0.15, -0.1) is 0 Å². The molecular formula is C56H35NO. The Morgan fingerprint density at radius 2 is 0.793 bits per heavy atom. The average Bonchev–Trinajstić information content (AvgIpc) is 3.83. The molecule has 2 nitrogen and oxygen atoms in total. The summed E-state index contributed by atoms with van der Waals surface area (Å²) in [5.41, 5.74) is 15.0. The number of nitrogens with zero attached hydrogens (tertiary/aromatic N) is 1. The van der Waals surface area contributed by atoms with Gasteiger partial charge in [0.05, 0.1) is 11.0 Å². The highest BCUT2D eigenvalue weighted by Gasteiger charge is 2.23. The number of hydrogen-bond donors (Lipinski definition) is 0. The molecule has 0 spiro atoms. The van der Waals surface area contributed by atoms with E-state index in [9.17, 15) is 0 Å². The normalized spacial score (nSPS) is 11.8. The van der Waals surface area contributed by atoms with Gasteiger partial charge >= 0.3 is 0 Å². The fourth-order valence-corrected chi connectivity index (χ4v) is 9.51. The van der Waals surface area contributed by atoms with Crippen LogP contribution in [0, 0.1) is 0 Å². The number of furan rings is 1. The van der Waals surface area contributed by atoms with Crippen LogP contribution in [0.15, 0.2) is 217 Å². The lowest BCUT2D eigenvalue weighted by molar-refractivity contribution is 0.669. The molecule has 0 aliphatic carbocycles. The third kappa shape index (κ3) is 4.92. The molecule has 2 heterocycles. The molecule has 2 aromatic heterocycles. The Morgan fingerprint density at radius 3 is 1.52 bits per heavy atom. The summed E-state index contributed by atoms with van der Waals surface area (Å²) in [7, 11) is 0. The maximum absolute atomic E-state index is 6.29. The van der Waals surface area contributed by atoms with Crippen LogP contribution in [0.1, 0.15) is 0 Å². The summed E-state index contributed by atoms with van der Waals surface area (Å²) < 4.78 is 8.68. The van der Waals surface area contributed by atoms with Crippen LogP contribution in [0.25, 0.3) is 115 Å². The molecule has 0 aliphatic heterocycles. The monoisotopic (exact) mass is 737 g/mol. The molecule has 2 heteroatoms. The van der Waals surface area contributed by atoms with Crippen molar-refractivity contribution in [2.45, 2.75) is 0 Å². The summed E-state index contributed by atoms with van der Waals surface area (Å²) in [4.78, 5) is 0. The van der Waals surface area contributed by atoms with Gasteiger partial charge in [0.25, 0.3) is 0 Å². The smallest absolute Gasteiger partial charge is 0.135 e. The summed E-state index contributed by atoms with van der Waals surface area (Å²) >= 11 is 0. The number of rotatable bonds is 5. The van der Waals surface area contributed by atoms with Crippen molar-refractivity contribution < 1.29 is 4.42 Å². The van der Waals surface area contributed by atoms with Gasteiger partial charge in [-0.2, -0.15) is 0 Å². The molecule has 0 aliphatic rings. The molecule has 0 bridgehead atoms. The molecule has 10 aromatic carbocycles. The van der Waals surface area contributed by atoms with Gasteiger partial charge in [0.2, 0.25) is 0 Å². The van der Waals surface area contributed by atoms with Crippen LogP contribution >= 0.6 is 0 Å². The Morgan fingerprint density at radius 1 is 0.276 bits per heavy atom. The Hall–Kier alpha value is -7.68. The van der Waals surface area contributed by atoms with Crippen LogP contribution in [0.3, 0.4) is 0 Å². The van der Waals surface area contributed by atoms with Gasteiger partial charge < -0.3 is 8.98 Å². The highest BCUT2D eigenvalue weighted by Crippen LogP contribution is 2.50. The third-order valence-electron chi connectivity index (χ3n) is 12.0. The lowest BCUT2D eigenvalue weighted by Crippen LogP contribution is -1.95. The molecule has 0 fully saturated rings. The van der Waals surface area contributed by atoms with E-state index in [1.165, 1.54) is 82.3 Å². The Kier molecular flexibility index (Phi) is 7.26. The first-order chi connectivity index (χ1) is 28.8. The van der Waals surface area contributed by atoms with E-state index in [0.29, 0.717) is 0 Å². The summed E-state index contributed by atoms with van der Waals surface area (Å²) in [5.74, 6) is 0. The second kappa shape index (κ2) is 12.9. The van der Waals surface area contributed by atoms with Gasteiger partial charge in [-0.05, 0) is 115 Å². The van der Waals surface area contributed by atoms with Gasteiger partial charge in [-0.3, -0.25) is 0 Å². The predicted molar refractivity (Wildman–Crippen MR) is 245 cm³/mol. The van der Waals surface area contributed by atoms with E-state index >= 15 is 0 Å². The largest absolute Gasteiger partial charge is 0.456 e. The van der Waals surface area contributed by atoms with E-state index in [0.717, 1.165) is 33.2 Å². The molecule has 0 saturated carbocycles. The summed E-state index contributed by atoms with van der Waals surface area (Å²) in [6, 6.07) is 77.1. The van der Waals surface area contributed by atoms with Crippen molar-refractivity contribution in [3.8, 4) is 50.2 Å². The van der Waals surface area contributed by atoms with Crippen molar-refractivity contribution in [3.05, 3.63) is 212 Å². The van der Waals surface area contributed by atoms with Crippen molar-refractivity contribution >= 4 is 65.3 Å². The molecule has 0 saturated heterocycles. The molecule has 58 heavy (non-hydrogen) atoms. The minimum atomic E-state index is 0.898. The number of para-hydroxylation sites is 3. The third-order valence-corrected chi connectivity index (χ3v) is 12.0. The van der Waals surface area contributed by atoms with Gasteiger partial charge in [-0.1, -0.05) is 164 Å². The molecule has 0 atom stereocenters. The van der Waals surface area contributed by atoms with Crippen molar-refractivity contribution in [1.82, 2.24) is 4.57 Å². The summed E-state index contributed by atoms with van der Waals surface area (Å²) in [5, 5.41) is 9.65. The Bertz CT molecular complexity index is 3500. The topological polar surface area (TPSA) is 18.1 Å². The van der Waals surface area contributed by atoms with E-state index in [1.54, 1.807) is 0 Å². The molecule has 0 N–H and O–H groups in total. The van der Waals surface area contributed by atoms with Crippen molar-refractivity contribution in [2.24, 2.45) is 0 Å². The molecule has 12 rings (SSSR count). The highest BCUT2D eigenvalue weighted by molar-refractivity contribution is 6.24. The lowest BCUT2D eigenvalue weighted by Gasteiger charge is -2.22. The maximum atomic E-state index is 6.29. The summed E-state index contributed by atoms with van der Waals surface area (Å²) in [6.45, 7) is 0. The molecule has 0 unspecified atom stereocenters. The second-order valence-corrected chi connectivity index (χ2v) is 15.2. The standard InChI is InChI=1S/C56H35NO/c1-3-16-36(17-4-1)40-26-15-27-41(37-31-33-53-49(34-37)43-21-12-14-29-52(43)58-53)55(40)56-46-24-9-7-22-44(46)54(45-23-8-10-25-47(45)56)38-30-32-51-48(35-38)42-20-11-13-28-50(42)57(51)39-18-5-2-6-19-39/h1-35H. The highest BCUT2D eigenvalue weighted by atomic mass is 16.3. The van der Waals surface area contributed by atoms with Crippen molar-refractivity contribution in [3.63, 3.8) is 0 Å². The van der Waals surface area contributed by atoms with Gasteiger partial charge in [0.1, 0.15) is 11.2 Å². The lowest BCUT2D eigenvalue weighted by atomic mass is 9.81. The van der Waals surface area contributed by atoms with Crippen molar-refractivity contribution in [1.29, 1.82) is 0 Å². The van der Waals surface area contributed by atoms with E-state index in [4.69, 9.17) is 4.42 Å². The Balaban J connectivity index is 1.17.